The lowest BCUT2D eigenvalue weighted by Gasteiger charge is -2.11. The van der Waals surface area contributed by atoms with Crippen LogP contribution in [0.15, 0.2) is 16.9 Å². The molecule has 0 aliphatic carbocycles. The molecule has 2 nitrogen and oxygen atoms in total. The first-order valence-electron chi connectivity index (χ1n) is 5.44. The molecular formula is C13H13ClFNO. The third kappa shape index (κ3) is 1.84. The van der Waals surface area contributed by atoms with Gasteiger partial charge in [0.25, 0.3) is 0 Å². The summed E-state index contributed by atoms with van der Waals surface area (Å²) in [6.07, 6.45) is 0. The zero-order valence-electron chi connectivity index (χ0n) is 9.90. The predicted molar refractivity (Wildman–Crippen MR) is 68.4 cm³/mol. The summed E-state index contributed by atoms with van der Waals surface area (Å²) < 4.78 is 13.6. The Bertz CT molecular complexity index is 646. The van der Waals surface area contributed by atoms with Crippen molar-refractivity contribution in [1.82, 2.24) is 4.98 Å². The fraction of sp³-hybridized carbons (Fsp3) is 0.308. The third-order valence-corrected chi connectivity index (χ3v) is 3.18. The molecule has 2 aromatic rings. The SMILES string of the molecule is Cc1[nH]c2c(F)ccc(Cl)c2c(=O)c1C(C)C. The van der Waals surface area contributed by atoms with E-state index in [1.165, 1.54) is 12.1 Å². The van der Waals surface area contributed by atoms with Crippen LogP contribution in [-0.4, -0.2) is 4.98 Å². The summed E-state index contributed by atoms with van der Waals surface area (Å²) in [6, 6.07) is 2.67. The molecule has 0 atom stereocenters. The number of aromatic nitrogens is 1. The van der Waals surface area contributed by atoms with E-state index in [4.69, 9.17) is 11.6 Å². The van der Waals surface area contributed by atoms with Crippen LogP contribution in [-0.2, 0) is 0 Å². The van der Waals surface area contributed by atoms with Gasteiger partial charge in [0.1, 0.15) is 5.82 Å². The minimum Gasteiger partial charge on any atom is -0.356 e. The molecule has 1 aromatic carbocycles. The van der Waals surface area contributed by atoms with Gasteiger partial charge in [0.2, 0.25) is 0 Å². The summed E-state index contributed by atoms with van der Waals surface area (Å²) in [5.41, 5.74) is 1.35. The van der Waals surface area contributed by atoms with Crippen LogP contribution >= 0.6 is 11.6 Å². The van der Waals surface area contributed by atoms with E-state index >= 15 is 0 Å². The van der Waals surface area contributed by atoms with Crippen LogP contribution < -0.4 is 5.43 Å². The Morgan fingerprint density at radius 2 is 2.00 bits per heavy atom. The number of fused-ring (bicyclic) bond motifs is 1. The number of pyridine rings is 1. The van der Waals surface area contributed by atoms with Gasteiger partial charge in [-0.3, -0.25) is 4.79 Å². The van der Waals surface area contributed by atoms with Crippen molar-refractivity contribution in [1.29, 1.82) is 0 Å². The van der Waals surface area contributed by atoms with Crippen LogP contribution in [0.2, 0.25) is 5.02 Å². The Hall–Kier alpha value is -1.35. The van der Waals surface area contributed by atoms with Crippen LogP contribution in [0.1, 0.15) is 31.0 Å². The van der Waals surface area contributed by atoms with E-state index in [2.05, 4.69) is 4.98 Å². The molecule has 90 valence electrons. The minimum absolute atomic E-state index is 0.0717. The maximum absolute atomic E-state index is 13.6. The van der Waals surface area contributed by atoms with Crippen LogP contribution in [0.5, 0.6) is 0 Å². The standard InChI is InChI=1S/C13H13ClFNO/c1-6(2)10-7(3)16-12-9(15)5-4-8(14)11(12)13(10)17/h4-6H,1-3H3,(H,16,17). The molecule has 0 saturated heterocycles. The van der Waals surface area contributed by atoms with Crippen molar-refractivity contribution >= 4 is 22.5 Å². The van der Waals surface area contributed by atoms with E-state index in [1.807, 2.05) is 13.8 Å². The second kappa shape index (κ2) is 4.15. The zero-order valence-corrected chi connectivity index (χ0v) is 10.7. The van der Waals surface area contributed by atoms with E-state index in [0.29, 0.717) is 11.3 Å². The molecule has 17 heavy (non-hydrogen) atoms. The van der Waals surface area contributed by atoms with Crippen molar-refractivity contribution in [3.05, 3.63) is 44.5 Å². The average molecular weight is 254 g/mol. The van der Waals surface area contributed by atoms with Gasteiger partial charge in [-0.2, -0.15) is 0 Å². The third-order valence-electron chi connectivity index (χ3n) is 2.87. The molecule has 2 rings (SSSR count). The number of aryl methyl sites for hydroxylation is 1. The van der Waals surface area contributed by atoms with Gasteiger partial charge in [0.15, 0.2) is 5.43 Å². The normalized spacial score (nSPS) is 11.4. The number of rotatable bonds is 1. The Morgan fingerprint density at radius 1 is 1.35 bits per heavy atom. The molecule has 1 heterocycles. The Balaban J connectivity index is 3.03. The van der Waals surface area contributed by atoms with Crippen molar-refractivity contribution in [3.63, 3.8) is 0 Å². The van der Waals surface area contributed by atoms with Crippen molar-refractivity contribution < 1.29 is 4.39 Å². The fourth-order valence-electron chi connectivity index (χ4n) is 2.15. The predicted octanol–water partition coefficient (Wildman–Crippen LogP) is 3.75. The van der Waals surface area contributed by atoms with E-state index in [9.17, 15) is 9.18 Å². The second-order valence-electron chi connectivity index (χ2n) is 4.43. The summed E-state index contributed by atoms with van der Waals surface area (Å²) in [4.78, 5) is 15.2. The van der Waals surface area contributed by atoms with Gasteiger partial charge < -0.3 is 4.98 Å². The molecule has 0 saturated carbocycles. The lowest BCUT2D eigenvalue weighted by molar-refractivity contribution is 0.636. The van der Waals surface area contributed by atoms with Gasteiger partial charge in [-0.15, -0.1) is 0 Å². The van der Waals surface area contributed by atoms with Crippen molar-refractivity contribution in [3.8, 4) is 0 Å². The van der Waals surface area contributed by atoms with Crippen LogP contribution in [0.4, 0.5) is 4.39 Å². The van der Waals surface area contributed by atoms with Gasteiger partial charge in [-0.25, -0.2) is 4.39 Å². The molecule has 0 spiro atoms. The first-order chi connectivity index (χ1) is 7.93. The number of aromatic amines is 1. The highest BCUT2D eigenvalue weighted by Gasteiger charge is 2.16. The highest BCUT2D eigenvalue weighted by Crippen LogP contribution is 2.25. The Kier molecular flexibility index (Phi) is 2.96. The number of hydrogen-bond donors (Lipinski definition) is 1. The molecule has 4 heteroatoms. The second-order valence-corrected chi connectivity index (χ2v) is 4.83. The maximum atomic E-state index is 13.6. The largest absolute Gasteiger partial charge is 0.356 e. The maximum Gasteiger partial charge on any atom is 0.194 e. The number of H-pyrrole nitrogens is 1. The number of nitrogens with one attached hydrogen (secondary N) is 1. The van der Waals surface area contributed by atoms with E-state index < -0.39 is 5.82 Å². The van der Waals surface area contributed by atoms with Gasteiger partial charge in [-0.1, -0.05) is 25.4 Å². The molecule has 0 aliphatic heterocycles. The van der Waals surface area contributed by atoms with E-state index in [1.54, 1.807) is 6.92 Å². The van der Waals surface area contributed by atoms with Crippen molar-refractivity contribution in [2.24, 2.45) is 0 Å². The quantitative estimate of drug-likeness (QED) is 0.825. The first-order valence-corrected chi connectivity index (χ1v) is 5.81. The van der Waals surface area contributed by atoms with Gasteiger partial charge in [0, 0.05) is 11.3 Å². The van der Waals surface area contributed by atoms with Gasteiger partial charge in [0.05, 0.1) is 15.9 Å². The van der Waals surface area contributed by atoms with E-state index in [0.717, 1.165) is 0 Å². The molecular weight excluding hydrogens is 241 g/mol. The minimum atomic E-state index is -0.458. The summed E-state index contributed by atoms with van der Waals surface area (Å²) in [7, 11) is 0. The van der Waals surface area contributed by atoms with E-state index in [-0.39, 0.29) is 27.3 Å². The summed E-state index contributed by atoms with van der Waals surface area (Å²) in [6.45, 7) is 5.63. The molecule has 0 radical (unpaired) electrons. The van der Waals surface area contributed by atoms with Crippen molar-refractivity contribution in [2.75, 3.05) is 0 Å². The molecule has 0 unspecified atom stereocenters. The average Bonchev–Trinajstić information content (AvgIpc) is 2.22. The molecule has 1 N–H and O–H groups in total. The summed E-state index contributed by atoms with van der Waals surface area (Å²) >= 11 is 5.98. The summed E-state index contributed by atoms with van der Waals surface area (Å²) in [5, 5.41) is 0.519. The zero-order chi connectivity index (χ0) is 12.7. The van der Waals surface area contributed by atoms with Crippen LogP contribution in [0.25, 0.3) is 10.9 Å². The number of benzene rings is 1. The number of hydrogen-bond acceptors (Lipinski definition) is 1. The lowest BCUT2D eigenvalue weighted by atomic mass is 9.99. The molecule has 1 aromatic heterocycles. The highest BCUT2D eigenvalue weighted by atomic mass is 35.5. The Morgan fingerprint density at radius 3 is 2.59 bits per heavy atom. The lowest BCUT2D eigenvalue weighted by Crippen LogP contribution is -2.15. The smallest absolute Gasteiger partial charge is 0.194 e. The molecule has 0 amide bonds. The molecule has 0 aliphatic rings. The molecule has 0 fully saturated rings. The van der Waals surface area contributed by atoms with Gasteiger partial charge >= 0.3 is 0 Å². The highest BCUT2D eigenvalue weighted by molar-refractivity contribution is 6.35. The monoisotopic (exact) mass is 253 g/mol. The Labute approximate surface area is 103 Å². The number of halogens is 2. The van der Waals surface area contributed by atoms with Crippen molar-refractivity contribution in [2.45, 2.75) is 26.7 Å². The summed E-state index contributed by atoms with van der Waals surface area (Å²) in [5.74, 6) is -0.387. The van der Waals surface area contributed by atoms with Crippen LogP contribution in [0, 0.1) is 12.7 Å². The van der Waals surface area contributed by atoms with Gasteiger partial charge in [-0.05, 0) is 25.0 Å². The fourth-order valence-corrected chi connectivity index (χ4v) is 2.39. The first kappa shape index (κ1) is 12.1. The van der Waals surface area contributed by atoms with Crippen LogP contribution in [0.3, 0.4) is 0 Å². The molecule has 0 bridgehead atoms. The topological polar surface area (TPSA) is 32.9 Å².